The van der Waals surface area contributed by atoms with Crippen LogP contribution >= 0.6 is 11.8 Å². The molecule has 0 aromatic heterocycles. The highest BCUT2D eigenvalue weighted by atomic mass is 32.2. The van der Waals surface area contributed by atoms with Crippen molar-refractivity contribution in [1.82, 2.24) is 0 Å². The van der Waals surface area contributed by atoms with Crippen LogP contribution in [-0.2, 0) is 11.8 Å². The minimum absolute atomic E-state index is 0.0152. The second-order valence-electron chi connectivity index (χ2n) is 17.3. The van der Waals surface area contributed by atoms with Crippen molar-refractivity contribution in [2.24, 2.45) is 5.41 Å². The number of unbranched alkanes of at least 4 members (excludes halogenated alkanes) is 1. The van der Waals surface area contributed by atoms with E-state index in [1.807, 2.05) is 30.0 Å². The summed E-state index contributed by atoms with van der Waals surface area (Å²) in [5, 5.41) is 0. The first kappa shape index (κ1) is 47.1. The van der Waals surface area contributed by atoms with Gasteiger partial charge in [0.15, 0.2) is 0 Å². The summed E-state index contributed by atoms with van der Waals surface area (Å²) in [6, 6.07) is 18.5. The molecule has 0 fully saturated rings. The van der Waals surface area contributed by atoms with Gasteiger partial charge in [0.1, 0.15) is 0 Å². The fourth-order valence-corrected chi connectivity index (χ4v) is 8.10. The summed E-state index contributed by atoms with van der Waals surface area (Å²) in [5.74, 6) is 0.236. The van der Waals surface area contributed by atoms with Crippen molar-refractivity contribution in [3.05, 3.63) is 171 Å². The van der Waals surface area contributed by atoms with Crippen LogP contribution in [0, 0.1) is 19.3 Å². The maximum absolute atomic E-state index is 4.22. The molecular formula is C55H73NS. The first-order valence-corrected chi connectivity index (χ1v) is 22.1. The van der Waals surface area contributed by atoms with Gasteiger partial charge in [-0.1, -0.05) is 192 Å². The number of nitrogens with zero attached hydrogens (tertiary/aromatic N) is 1. The van der Waals surface area contributed by atoms with Crippen molar-refractivity contribution >= 4 is 35.3 Å². The molecule has 0 aliphatic heterocycles. The summed E-state index contributed by atoms with van der Waals surface area (Å²) >= 11 is 1.85. The number of hydrogen-bond donors (Lipinski definition) is 0. The molecule has 304 valence electrons. The highest BCUT2D eigenvalue weighted by molar-refractivity contribution is 8.03. The van der Waals surface area contributed by atoms with E-state index in [4.69, 9.17) is 0 Å². The van der Waals surface area contributed by atoms with E-state index in [0.717, 1.165) is 43.5 Å². The topological polar surface area (TPSA) is 3.24 Å². The smallest absolute Gasteiger partial charge is 0.0502 e. The van der Waals surface area contributed by atoms with E-state index in [1.54, 1.807) is 0 Å². The predicted molar refractivity (Wildman–Crippen MR) is 260 cm³/mol. The Balaban J connectivity index is 2.17. The number of allylic oxidation sites excluding steroid dienone is 10. The van der Waals surface area contributed by atoms with Crippen molar-refractivity contribution in [1.29, 1.82) is 0 Å². The predicted octanol–water partition coefficient (Wildman–Crippen LogP) is 17.5. The van der Waals surface area contributed by atoms with E-state index in [9.17, 15) is 0 Å². The lowest BCUT2D eigenvalue weighted by molar-refractivity contribution is 0.520. The van der Waals surface area contributed by atoms with Gasteiger partial charge in [-0.3, -0.25) is 0 Å². The minimum atomic E-state index is -0.0152. The Morgan fingerprint density at radius 2 is 1.61 bits per heavy atom. The molecule has 0 spiro atoms. The SMILES string of the molecule is C=C/C=C\C(=C/C)N(c1ccc(SC(/C=C\C(=C/c2cc(C)cc(C(C)(C)C)c2)C(C)(C)C)=C\CC)c(C)c1)c1ccc(C=C)c(CCC)c1C(C)/C=C\CCC. The van der Waals surface area contributed by atoms with Gasteiger partial charge >= 0.3 is 0 Å². The summed E-state index contributed by atoms with van der Waals surface area (Å²) < 4.78 is 0. The van der Waals surface area contributed by atoms with Crippen LogP contribution in [0.15, 0.2) is 137 Å². The Hall–Kier alpha value is -4.27. The van der Waals surface area contributed by atoms with Crippen LogP contribution in [0.25, 0.3) is 12.2 Å². The molecule has 3 rings (SSSR count). The Kier molecular flexibility index (Phi) is 18.2. The molecule has 1 nitrogen and oxygen atoms in total. The van der Waals surface area contributed by atoms with Crippen molar-refractivity contribution in [2.75, 3.05) is 4.90 Å². The second-order valence-corrected chi connectivity index (χ2v) is 18.4. The van der Waals surface area contributed by atoms with Gasteiger partial charge in [0, 0.05) is 27.1 Å². The molecule has 0 saturated heterocycles. The Morgan fingerprint density at radius 1 is 0.877 bits per heavy atom. The number of hydrogen-bond acceptors (Lipinski definition) is 2. The second kappa shape index (κ2) is 22.0. The zero-order valence-corrected chi connectivity index (χ0v) is 38.7. The largest absolute Gasteiger partial charge is 0.311 e. The molecule has 1 unspecified atom stereocenters. The summed E-state index contributed by atoms with van der Waals surface area (Å²) in [4.78, 5) is 4.94. The molecule has 0 aliphatic carbocycles. The molecule has 3 aromatic carbocycles. The molecule has 57 heavy (non-hydrogen) atoms. The number of thioether (sulfide) groups is 1. The number of rotatable bonds is 18. The molecular weight excluding hydrogens is 707 g/mol. The van der Waals surface area contributed by atoms with Crippen molar-refractivity contribution in [2.45, 2.75) is 138 Å². The van der Waals surface area contributed by atoms with Crippen molar-refractivity contribution < 1.29 is 0 Å². The van der Waals surface area contributed by atoms with E-state index < -0.39 is 0 Å². The molecule has 1 atom stereocenters. The van der Waals surface area contributed by atoms with Crippen LogP contribution in [-0.4, -0.2) is 0 Å². The normalized spacial score (nSPS) is 13.9. The van der Waals surface area contributed by atoms with E-state index in [-0.39, 0.29) is 16.7 Å². The Morgan fingerprint density at radius 3 is 2.19 bits per heavy atom. The quantitative estimate of drug-likeness (QED) is 0.0719. The Bertz CT molecular complexity index is 2010. The van der Waals surface area contributed by atoms with Gasteiger partial charge in [0.25, 0.3) is 0 Å². The molecule has 0 heterocycles. The van der Waals surface area contributed by atoms with Crippen LogP contribution in [0.5, 0.6) is 0 Å². The average Bonchev–Trinajstić information content (AvgIpc) is 3.14. The van der Waals surface area contributed by atoms with Gasteiger partial charge in [0.05, 0.1) is 5.69 Å². The summed E-state index contributed by atoms with van der Waals surface area (Å²) in [6.45, 7) is 37.7. The molecule has 0 saturated carbocycles. The van der Waals surface area contributed by atoms with Crippen LogP contribution < -0.4 is 4.90 Å². The molecule has 0 amide bonds. The Labute approximate surface area is 353 Å². The van der Waals surface area contributed by atoms with Crippen LogP contribution in [0.1, 0.15) is 147 Å². The third-order valence-corrected chi connectivity index (χ3v) is 11.5. The van der Waals surface area contributed by atoms with Crippen molar-refractivity contribution in [3.8, 4) is 0 Å². The molecule has 2 heteroatoms. The van der Waals surface area contributed by atoms with E-state index in [0.29, 0.717) is 0 Å². The average molecular weight is 780 g/mol. The summed E-state index contributed by atoms with van der Waals surface area (Å²) in [5.41, 5.74) is 14.0. The number of aryl methyl sites for hydroxylation is 2. The third-order valence-electron chi connectivity index (χ3n) is 10.3. The van der Waals surface area contributed by atoms with Gasteiger partial charge in [-0.2, -0.15) is 0 Å². The monoisotopic (exact) mass is 780 g/mol. The molecule has 0 radical (unpaired) electrons. The fourth-order valence-electron chi connectivity index (χ4n) is 7.10. The third kappa shape index (κ3) is 13.4. The number of benzene rings is 3. The zero-order chi connectivity index (χ0) is 42.3. The molecule has 0 bridgehead atoms. The summed E-state index contributed by atoms with van der Waals surface area (Å²) in [6.07, 6.45) is 29.7. The van der Waals surface area contributed by atoms with Gasteiger partial charge in [-0.15, -0.1) is 0 Å². The van der Waals surface area contributed by atoms with E-state index in [2.05, 4.69) is 205 Å². The lowest BCUT2D eigenvalue weighted by Crippen LogP contribution is -2.19. The lowest BCUT2D eigenvalue weighted by atomic mass is 9.82. The molecule has 0 aliphatic rings. The van der Waals surface area contributed by atoms with Crippen LogP contribution in [0.3, 0.4) is 0 Å². The minimum Gasteiger partial charge on any atom is -0.311 e. The van der Waals surface area contributed by atoms with Crippen LogP contribution in [0.2, 0.25) is 0 Å². The molecule has 0 N–H and O–H groups in total. The zero-order valence-electron chi connectivity index (χ0n) is 37.9. The standard InChI is InChI=1S/C55H73NS/c1-16-22-24-27-41(8)53-50(26-19-4)44(20-5)29-33-51(53)56(47(21-6)28-23-17-2)48-31-34-52(42(9)37-48)57-49(25-18-3)32-30-45(54(10,11)12)38-43-35-40(7)36-46(39-43)55(13,14)15/h17,20-21,23-25,27-39,41H,2,5,16,18-19,22,26H2,1,3-4,6-15H3/b27-24-,28-23-,32-30-,45-38+,47-21+,49-25-. The van der Waals surface area contributed by atoms with Crippen molar-refractivity contribution in [3.63, 3.8) is 0 Å². The first-order valence-electron chi connectivity index (χ1n) is 21.2. The van der Waals surface area contributed by atoms with Gasteiger partial charge in [-0.05, 0) is 126 Å². The summed E-state index contributed by atoms with van der Waals surface area (Å²) in [7, 11) is 0. The van der Waals surface area contributed by atoms with Gasteiger partial charge in [0.2, 0.25) is 0 Å². The maximum Gasteiger partial charge on any atom is 0.0502 e. The fraction of sp³-hybridized carbons (Fsp3) is 0.382. The maximum atomic E-state index is 4.22. The highest BCUT2D eigenvalue weighted by Gasteiger charge is 2.24. The lowest BCUT2D eigenvalue weighted by Gasteiger charge is -2.32. The molecule has 3 aromatic rings. The van der Waals surface area contributed by atoms with Gasteiger partial charge in [-0.25, -0.2) is 0 Å². The van der Waals surface area contributed by atoms with E-state index in [1.165, 1.54) is 60.0 Å². The van der Waals surface area contributed by atoms with Gasteiger partial charge < -0.3 is 4.90 Å². The van der Waals surface area contributed by atoms with Crippen LogP contribution in [0.4, 0.5) is 11.4 Å². The highest BCUT2D eigenvalue weighted by Crippen LogP contribution is 2.43. The number of anilines is 2. The first-order chi connectivity index (χ1) is 27.0. The van der Waals surface area contributed by atoms with E-state index >= 15 is 0 Å².